The summed E-state index contributed by atoms with van der Waals surface area (Å²) < 4.78 is 34.2. The largest absolute Gasteiger partial charge is 0.397 e. The second-order valence-electron chi connectivity index (χ2n) is 6.71. The number of hydrogen-bond acceptors (Lipinski definition) is 4. The molecule has 0 saturated carbocycles. The summed E-state index contributed by atoms with van der Waals surface area (Å²) in [6.07, 6.45) is 11.2. The summed E-state index contributed by atoms with van der Waals surface area (Å²) in [5.74, 6) is -0.0885. The van der Waals surface area contributed by atoms with Gasteiger partial charge in [-0.05, 0) is 12.3 Å². The van der Waals surface area contributed by atoms with Crippen LogP contribution in [0.5, 0.6) is 0 Å². The molecule has 0 aliphatic heterocycles. The van der Waals surface area contributed by atoms with Crippen LogP contribution in [-0.2, 0) is 19.4 Å². The summed E-state index contributed by atoms with van der Waals surface area (Å²) in [5.41, 5.74) is 0. The number of rotatable bonds is 15. The Bertz CT molecular complexity index is 423. The van der Waals surface area contributed by atoms with Crippen LogP contribution in [0.1, 0.15) is 85.0 Å². The van der Waals surface area contributed by atoms with E-state index < -0.39 is 16.4 Å². The molecule has 0 spiro atoms. The maximum Gasteiger partial charge on any atom is 0.397 e. The molecule has 0 aliphatic carbocycles. The van der Waals surface area contributed by atoms with E-state index >= 15 is 0 Å². The zero-order valence-corrected chi connectivity index (χ0v) is 16.2. The molecule has 0 heterocycles. The van der Waals surface area contributed by atoms with E-state index in [0.29, 0.717) is 6.42 Å². The highest BCUT2D eigenvalue weighted by Crippen LogP contribution is 2.11. The van der Waals surface area contributed by atoms with Gasteiger partial charge < -0.3 is 5.32 Å². The van der Waals surface area contributed by atoms with Crippen LogP contribution >= 0.6 is 0 Å². The van der Waals surface area contributed by atoms with Crippen LogP contribution in [0.4, 0.5) is 0 Å². The van der Waals surface area contributed by atoms with Crippen LogP contribution < -0.4 is 5.32 Å². The second-order valence-corrected chi connectivity index (χ2v) is 7.80. The predicted octanol–water partition coefficient (Wildman–Crippen LogP) is 3.87. The Labute approximate surface area is 147 Å². The fraction of sp³-hybridized carbons (Fsp3) is 0.941. The molecule has 0 radical (unpaired) electrons. The summed E-state index contributed by atoms with van der Waals surface area (Å²) in [4.78, 5) is 11.9. The Hall–Kier alpha value is -0.660. The molecule has 0 fully saturated rings. The Morgan fingerprint density at radius 2 is 1.50 bits per heavy atom. The molecule has 0 bridgehead atoms. The molecule has 144 valence electrons. The van der Waals surface area contributed by atoms with Gasteiger partial charge in [-0.15, -0.1) is 0 Å². The topological polar surface area (TPSA) is 92.7 Å². The third-order valence-electron chi connectivity index (χ3n) is 4.06. The standard InChI is InChI=1S/C17H35NO5S/c1-4-5-6-7-8-9-10-11-12-13-17(19)18-16(15(2)3)14-23-24(20,21)22/h15-16H,4-14H2,1-3H3,(H,18,19)(H,20,21,22)/t16-/m1/s1. The molecule has 1 amide bonds. The van der Waals surface area contributed by atoms with Crippen molar-refractivity contribution in [1.82, 2.24) is 5.32 Å². The normalized spacial score (nSPS) is 13.2. The highest BCUT2D eigenvalue weighted by Gasteiger charge is 2.19. The van der Waals surface area contributed by atoms with Crippen LogP contribution in [0.2, 0.25) is 0 Å². The summed E-state index contributed by atoms with van der Waals surface area (Å²) in [6, 6.07) is -0.432. The molecule has 0 saturated heterocycles. The minimum absolute atomic E-state index is 0.0128. The van der Waals surface area contributed by atoms with Crippen LogP contribution in [-0.4, -0.2) is 31.5 Å². The van der Waals surface area contributed by atoms with Crippen molar-refractivity contribution >= 4 is 16.3 Å². The minimum atomic E-state index is -4.48. The van der Waals surface area contributed by atoms with Gasteiger partial charge in [0, 0.05) is 6.42 Å². The molecule has 0 unspecified atom stereocenters. The quantitative estimate of drug-likeness (QED) is 0.339. The van der Waals surface area contributed by atoms with Gasteiger partial charge in [0.2, 0.25) is 5.91 Å². The zero-order chi connectivity index (χ0) is 18.4. The van der Waals surface area contributed by atoms with Crippen molar-refractivity contribution in [3.05, 3.63) is 0 Å². The number of nitrogens with one attached hydrogen (secondary N) is 1. The second kappa shape index (κ2) is 13.6. The maximum atomic E-state index is 11.9. The van der Waals surface area contributed by atoms with Crippen LogP contribution in [0.3, 0.4) is 0 Å². The van der Waals surface area contributed by atoms with E-state index in [1.165, 1.54) is 38.5 Å². The fourth-order valence-corrected chi connectivity index (χ4v) is 2.75. The average Bonchev–Trinajstić information content (AvgIpc) is 2.48. The van der Waals surface area contributed by atoms with Crippen molar-refractivity contribution in [1.29, 1.82) is 0 Å². The molecular weight excluding hydrogens is 330 g/mol. The van der Waals surface area contributed by atoms with Crippen molar-refractivity contribution < 1.29 is 21.9 Å². The van der Waals surface area contributed by atoms with Gasteiger partial charge in [-0.3, -0.25) is 9.35 Å². The van der Waals surface area contributed by atoms with E-state index in [9.17, 15) is 13.2 Å². The molecule has 0 aromatic heterocycles. The van der Waals surface area contributed by atoms with E-state index in [2.05, 4.69) is 16.4 Å². The first kappa shape index (κ1) is 23.3. The summed E-state index contributed by atoms with van der Waals surface area (Å²) in [7, 11) is -4.48. The van der Waals surface area contributed by atoms with E-state index in [-0.39, 0.29) is 18.4 Å². The number of carbonyl (C=O) groups is 1. The number of unbranched alkanes of at least 4 members (excludes halogenated alkanes) is 8. The van der Waals surface area contributed by atoms with Crippen molar-refractivity contribution in [3.63, 3.8) is 0 Å². The van der Waals surface area contributed by atoms with Crippen LogP contribution in [0, 0.1) is 5.92 Å². The van der Waals surface area contributed by atoms with Crippen molar-refractivity contribution in [3.8, 4) is 0 Å². The Balaban J connectivity index is 3.78. The number of amides is 1. The van der Waals surface area contributed by atoms with Gasteiger partial charge in [0.05, 0.1) is 12.6 Å². The van der Waals surface area contributed by atoms with Gasteiger partial charge >= 0.3 is 10.4 Å². The third-order valence-corrected chi connectivity index (χ3v) is 4.49. The SMILES string of the molecule is CCCCCCCCCCCC(=O)N[C@H](COS(=O)(=O)O)C(C)C. The van der Waals surface area contributed by atoms with Gasteiger partial charge in [0.15, 0.2) is 0 Å². The van der Waals surface area contributed by atoms with E-state index in [0.717, 1.165) is 19.3 Å². The first-order valence-electron chi connectivity index (χ1n) is 9.17. The highest BCUT2D eigenvalue weighted by atomic mass is 32.3. The smallest absolute Gasteiger partial charge is 0.351 e. The van der Waals surface area contributed by atoms with Gasteiger partial charge in [0.1, 0.15) is 0 Å². The van der Waals surface area contributed by atoms with Crippen molar-refractivity contribution in [2.75, 3.05) is 6.61 Å². The lowest BCUT2D eigenvalue weighted by atomic mass is 10.0. The van der Waals surface area contributed by atoms with E-state index in [4.69, 9.17) is 4.55 Å². The summed E-state index contributed by atoms with van der Waals surface area (Å²) in [5, 5.41) is 2.77. The lowest BCUT2D eigenvalue weighted by Gasteiger charge is -2.21. The monoisotopic (exact) mass is 365 g/mol. The maximum absolute atomic E-state index is 11.9. The van der Waals surface area contributed by atoms with Crippen molar-refractivity contribution in [2.24, 2.45) is 5.92 Å². The molecule has 2 N–H and O–H groups in total. The molecule has 6 nitrogen and oxygen atoms in total. The third kappa shape index (κ3) is 14.9. The molecule has 24 heavy (non-hydrogen) atoms. The molecule has 7 heteroatoms. The van der Waals surface area contributed by atoms with Gasteiger partial charge in [-0.2, -0.15) is 8.42 Å². The molecule has 0 rings (SSSR count). The number of hydrogen-bond donors (Lipinski definition) is 2. The van der Waals surface area contributed by atoms with E-state index in [1.807, 2.05) is 13.8 Å². The average molecular weight is 366 g/mol. The minimum Gasteiger partial charge on any atom is -0.351 e. The first-order chi connectivity index (χ1) is 11.3. The Morgan fingerprint density at radius 1 is 1.00 bits per heavy atom. The molecular formula is C17H35NO5S. The first-order valence-corrected chi connectivity index (χ1v) is 10.5. The fourth-order valence-electron chi connectivity index (χ4n) is 2.44. The predicted molar refractivity (Wildman–Crippen MR) is 96.1 cm³/mol. The van der Waals surface area contributed by atoms with Crippen LogP contribution in [0.25, 0.3) is 0 Å². The molecule has 0 aromatic carbocycles. The van der Waals surface area contributed by atoms with E-state index in [1.54, 1.807) is 0 Å². The summed E-state index contributed by atoms with van der Waals surface area (Å²) in [6.45, 7) is 5.68. The lowest BCUT2D eigenvalue weighted by molar-refractivity contribution is -0.122. The van der Waals surface area contributed by atoms with Gasteiger partial charge in [0.25, 0.3) is 0 Å². The van der Waals surface area contributed by atoms with Gasteiger partial charge in [-0.25, -0.2) is 4.18 Å². The highest BCUT2D eigenvalue weighted by molar-refractivity contribution is 7.80. The Morgan fingerprint density at radius 3 is 1.96 bits per heavy atom. The van der Waals surface area contributed by atoms with Gasteiger partial charge in [-0.1, -0.05) is 72.1 Å². The van der Waals surface area contributed by atoms with Crippen molar-refractivity contribution in [2.45, 2.75) is 91.0 Å². The lowest BCUT2D eigenvalue weighted by Crippen LogP contribution is -2.42. The number of carbonyl (C=O) groups excluding carboxylic acids is 1. The van der Waals surface area contributed by atoms with Crippen LogP contribution in [0.15, 0.2) is 0 Å². The molecule has 0 aromatic rings. The molecule has 1 atom stereocenters. The Kier molecular flexibility index (Phi) is 13.2. The molecule has 0 aliphatic rings. The summed E-state index contributed by atoms with van der Waals surface area (Å²) >= 11 is 0. The zero-order valence-electron chi connectivity index (χ0n) is 15.4.